The summed E-state index contributed by atoms with van der Waals surface area (Å²) in [6, 6.07) is 0.504. The molecular formula is C16H21N5. The van der Waals surface area contributed by atoms with Gasteiger partial charge in [0.1, 0.15) is 0 Å². The third kappa shape index (κ3) is 2.30. The summed E-state index contributed by atoms with van der Waals surface area (Å²) in [4.78, 5) is 9.30. The minimum atomic E-state index is 0.504. The van der Waals surface area contributed by atoms with Crippen LogP contribution in [0, 0.1) is 5.92 Å². The Morgan fingerprint density at radius 3 is 3.00 bits per heavy atom. The van der Waals surface area contributed by atoms with E-state index in [1.807, 2.05) is 12.4 Å². The maximum atomic E-state index is 4.77. The van der Waals surface area contributed by atoms with Gasteiger partial charge in [-0.1, -0.05) is 19.8 Å². The van der Waals surface area contributed by atoms with Gasteiger partial charge in [0, 0.05) is 23.5 Å². The molecule has 0 amide bonds. The van der Waals surface area contributed by atoms with Gasteiger partial charge >= 0.3 is 0 Å². The largest absolute Gasteiger partial charge is 0.351 e. The highest BCUT2D eigenvalue weighted by molar-refractivity contribution is 5.68. The summed E-state index contributed by atoms with van der Waals surface area (Å²) in [5, 5.41) is 10.8. The van der Waals surface area contributed by atoms with E-state index < -0.39 is 0 Å². The first kappa shape index (κ1) is 12.8. The monoisotopic (exact) mass is 283 g/mol. The molecule has 0 spiro atoms. The number of hydrogen-bond acceptors (Lipinski definition) is 4. The molecular weight excluding hydrogens is 262 g/mol. The van der Waals surface area contributed by atoms with Gasteiger partial charge in [0.25, 0.3) is 0 Å². The molecule has 0 radical (unpaired) electrons. The fourth-order valence-corrected chi connectivity index (χ4v) is 3.56. The molecule has 2 atom stereocenters. The molecule has 5 heteroatoms. The first-order valence-electron chi connectivity index (χ1n) is 7.96. The van der Waals surface area contributed by atoms with Gasteiger partial charge in [-0.25, -0.2) is 9.97 Å². The standard InChI is InChI=1S/C16H21N5/c1-10-4-2-3-5-13(10)19-16-17-8-11-6-7-14-12(9-18-21-14)15(11)20-16/h8-10,13H,2-7H2,1H3,(H,18,21)(H,17,19,20). The average Bonchev–Trinajstić information content (AvgIpc) is 2.98. The number of H-pyrrole nitrogens is 1. The van der Waals surface area contributed by atoms with E-state index in [0.29, 0.717) is 12.0 Å². The number of aromatic amines is 1. The van der Waals surface area contributed by atoms with Crippen LogP contribution in [0.5, 0.6) is 0 Å². The average molecular weight is 283 g/mol. The molecule has 2 aliphatic rings. The number of fused-ring (bicyclic) bond motifs is 3. The lowest BCUT2D eigenvalue weighted by Crippen LogP contribution is -2.31. The lowest BCUT2D eigenvalue weighted by atomic mass is 9.86. The fourth-order valence-electron chi connectivity index (χ4n) is 3.56. The number of aromatic nitrogens is 4. The number of nitrogens with zero attached hydrogens (tertiary/aromatic N) is 3. The molecule has 2 unspecified atom stereocenters. The van der Waals surface area contributed by atoms with Crippen molar-refractivity contribution in [1.29, 1.82) is 0 Å². The molecule has 2 aromatic heterocycles. The molecule has 0 bridgehead atoms. The second kappa shape index (κ2) is 5.13. The summed E-state index contributed by atoms with van der Waals surface area (Å²) >= 11 is 0. The summed E-state index contributed by atoms with van der Waals surface area (Å²) in [6.45, 7) is 2.32. The van der Waals surface area contributed by atoms with Crippen molar-refractivity contribution < 1.29 is 0 Å². The molecule has 0 aromatic carbocycles. The minimum Gasteiger partial charge on any atom is -0.351 e. The van der Waals surface area contributed by atoms with Crippen LogP contribution in [0.25, 0.3) is 11.3 Å². The lowest BCUT2D eigenvalue weighted by Gasteiger charge is -2.29. The van der Waals surface area contributed by atoms with E-state index in [-0.39, 0.29) is 0 Å². The van der Waals surface area contributed by atoms with Gasteiger partial charge in [-0.2, -0.15) is 5.10 Å². The third-order valence-corrected chi connectivity index (χ3v) is 4.91. The normalized spacial score (nSPS) is 24.2. The first-order valence-corrected chi connectivity index (χ1v) is 7.96. The SMILES string of the molecule is CC1CCCCC1Nc1ncc2c(n1)-c1cn[nH]c1CC2. The van der Waals surface area contributed by atoms with E-state index in [1.54, 1.807) is 0 Å². The Morgan fingerprint density at radius 1 is 1.19 bits per heavy atom. The highest BCUT2D eigenvalue weighted by Gasteiger charge is 2.24. The van der Waals surface area contributed by atoms with Crippen molar-refractivity contribution in [3.8, 4) is 11.3 Å². The molecule has 0 saturated heterocycles. The molecule has 21 heavy (non-hydrogen) atoms. The smallest absolute Gasteiger partial charge is 0.223 e. The van der Waals surface area contributed by atoms with Crippen LogP contribution in [-0.2, 0) is 12.8 Å². The van der Waals surface area contributed by atoms with Crippen molar-refractivity contribution in [2.75, 3.05) is 5.32 Å². The molecule has 0 aliphatic heterocycles. The Morgan fingerprint density at radius 2 is 2.10 bits per heavy atom. The molecule has 1 fully saturated rings. The first-order chi connectivity index (χ1) is 10.3. The lowest BCUT2D eigenvalue weighted by molar-refractivity contribution is 0.348. The number of hydrogen-bond donors (Lipinski definition) is 2. The van der Waals surface area contributed by atoms with Gasteiger partial charge in [-0.15, -0.1) is 0 Å². The van der Waals surface area contributed by atoms with Crippen LogP contribution in [0.3, 0.4) is 0 Å². The van der Waals surface area contributed by atoms with Crippen molar-refractivity contribution in [3.05, 3.63) is 23.7 Å². The maximum Gasteiger partial charge on any atom is 0.223 e. The van der Waals surface area contributed by atoms with Crippen molar-refractivity contribution in [2.24, 2.45) is 5.92 Å². The summed E-state index contributed by atoms with van der Waals surface area (Å²) in [6.07, 6.45) is 11.0. The Bertz CT molecular complexity index is 648. The predicted molar refractivity (Wildman–Crippen MR) is 82.1 cm³/mol. The zero-order valence-electron chi connectivity index (χ0n) is 12.4. The zero-order chi connectivity index (χ0) is 14.2. The molecule has 1 saturated carbocycles. The van der Waals surface area contributed by atoms with Crippen LogP contribution in [-0.4, -0.2) is 26.2 Å². The molecule has 110 valence electrons. The third-order valence-electron chi connectivity index (χ3n) is 4.91. The highest BCUT2D eigenvalue weighted by atomic mass is 15.1. The van der Waals surface area contributed by atoms with E-state index in [2.05, 4.69) is 27.4 Å². The van der Waals surface area contributed by atoms with Crippen LogP contribution in [0.1, 0.15) is 43.9 Å². The van der Waals surface area contributed by atoms with Gasteiger partial charge < -0.3 is 5.32 Å². The van der Waals surface area contributed by atoms with Gasteiger partial charge in [-0.05, 0) is 37.2 Å². The van der Waals surface area contributed by atoms with E-state index in [9.17, 15) is 0 Å². The summed E-state index contributed by atoms with van der Waals surface area (Å²) < 4.78 is 0. The number of aryl methyl sites for hydroxylation is 2. The van der Waals surface area contributed by atoms with E-state index >= 15 is 0 Å². The van der Waals surface area contributed by atoms with Crippen molar-refractivity contribution in [1.82, 2.24) is 20.2 Å². The second-order valence-electron chi connectivity index (χ2n) is 6.34. The van der Waals surface area contributed by atoms with Crippen LogP contribution in [0.15, 0.2) is 12.4 Å². The number of nitrogens with one attached hydrogen (secondary N) is 2. The Kier molecular flexibility index (Phi) is 3.13. The molecule has 4 rings (SSSR count). The molecule has 2 aliphatic carbocycles. The van der Waals surface area contributed by atoms with Crippen LogP contribution in [0.4, 0.5) is 5.95 Å². The predicted octanol–water partition coefficient (Wildman–Crippen LogP) is 2.96. The summed E-state index contributed by atoms with van der Waals surface area (Å²) in [5.41, 5.74) is 4.61. The van der Waals surface area contributed by atoms with E-state index in [0.717, 1.165) is 30.0 Å². The molecule has 2 N–H and O–H groups in total. The van der Waals surface area contributed by atoms with Crippen LogP contribution < -0.4 is 5.32 Å². The summed E-state index contributed by atoms with van der Waals surface area (Å²) in [7, 11) is 0. The van der Waals surface area contributed by atoms with Crippen LogP contribution >= 0.6 is 0 Å². The second-order valence-corrected chi connectivity index (χ2v) is 6.34. The summed E-state index contributed by atoms with van der Waals surface area (Å²) in [5.74, 6) is 1.46. The van der Waals surface area contributed by atoms with Gasteiger partial charge in [0.2, 0.25) is 5.95 Å². The van der Waals surface area contributed by atoms with Gasteiger partial charge in [-0.3, -0.25) is 5.10 Å². The molecule has 2 heterocycles. The highest BCUT2D eigenvalue weighted by Crippen LogP contribution is 2.31. The zero-order valence-corrected chi connectivity index (χ0v) is 12.4. The van der Waals surface area contributed by atoms with Crippen molar-refractivity contribution in [3.63, 3.8) is 0 Å². The molecule has 5 nitrogen and oxygen atoms in total. The Labute approximate surface area is 124 Å². The van der Waals surface area contributed by atoms with E-state index in [1.165, 1.54) is 36.9 Å². The van der Waals surface area contributed by atoms with Crippen LogP contribution in [0.2, 0.25) is 0 Å². The van der Waals surface area contributed by atoms with Crippen molar-refractivity contribution in [2.45, 2.75) is 51.5 Å². The number of rotatable bonds is 2. The molecule has 2 aromatic rings. The maximum absolute atomic E-state index is 4.77. The fraction of sp³-hybridized carbons (Fsp3) is 0.562. The van der Waals surface area contributed by atoms with E-state index in [4.69, 9.17) is 4.98 Å². The van der Waals surface area contributed by atoms with Gasteiger partial charge in [0.15, 0.2) is 0 Å². The minimum absolute atomic E-state index is 0.504. The van der Waals surface area contributed by atoms with Gasteiger partial charge in [0.05, 0.1) is 11.9 Å². The Hall–Kier alpha value is -1.91. The topological polar surface area (TPSA) is 66.5 Å². The Balaban J connectivity index is 1.62. The quantitative estimate of drug-likeness (QED) is 0.889. The van der Waals surface area contributed by atoms with Crippen molar-refractivity contribution >= 4 is 5.95 Å². The number of anilines is 1.